The lowest BCUT2D eigenvalue weighted by Gasteiger charge is -2.51. The van der Waals surface area contributed by atoms with Gasteiger partial charge in [-0.3, -0.25) is 4.79 Å². The summed E-state index contributed by atoms with van der Waals surface area (Å²) in [6.45, 7) is 0. The number of hydrogen-bond donors (Lipinski definition) is 0. The van der Waals surface area contributed by atoms with Gasteiger partial charge in [-0.2, -0.15) is 0 Å². The summed E-state index contributed by atoms with van der Waals surface area (Å²) in [5.41, 5.74) is 2.28. The lowest BCUT2D eigenvalue weighted by Crippen LogP contribution is -2.51. The van der Waals surface area contributed by atoms with Gasteiger partial charge >= 0.3 is 0 Å². The second kappa shape index (κ2) is 4.84. The third-order valence-electron chi connectivity index (χ3n) is 5.57. The van der Waals surface area contributed by atoms with Crippen LogP contribution >= 0.6 is 0 Å². The normalized spacial score (nSPS) is 31.3. The van der Waals surface area contributed by atoms with Crippen molar-refractivity contribution >= 4 is 5.78 Å². The van der Waals surface area contributed by atoms with Crippen LogP contribution in [0.3, 0.4) is 0 Å². The van der Waals surface area contributed by atoms with Crippen molar-refractivity contribution in [2.75, 3.05) is 0 Å². The molecule has 106 valence electrons. The monoisotopic (exact) mass is 276 g/mol. The molecule has 3 fully saturated rings. The zero-order valence-electron chi connectivity index (χ0n) is 12.2. The molecule has 3 aliphatic carbocycles. The van der Waals surface area contributed by atoms with Crippen molar-refractivity contribution in [1.29, 1.82) is 0 Å². The highest BCUT2D eigenvalue weighted by Gasteiger charge is 2.54. The highest BCUT2D eigenvalue weighted by atomic mass is 16.1. The Morgan fingerprint density at radius 1 is 0.905 bits per heavy atom. The van der Waals surface area contributed by atoms with Gasteiger partial charge in [-0.05, 0) is 36.3 Å². The van der Waals surface area contributed by atoms with Gasteiger partial charge in [0.15, 0.2) is 0 Å². The lowest BCUT2D eigenvalue weighted by atomic mass is 9.50. The minimum Gasteiger partial charge on any atom is -0.299 e. The van der Waals surface area contributed by atoms with Crippen molar-refractivity contribution in [2.45, 2.75) is 37.0 Å². The van der Waals surface area contributed by atoms with Crippen LogP contribution in [0.15, 0.2) is 60.7 Å². The van der Waals surface area contributed by atoms with Crippen LogP contribution in [0, 0.1) is 5.92 Å². The Balaban J connectivity index is 1.88. The van der Waals surface area contributed by atoms with Gasteiger partial charge in [-0.25, -0.2) is 0 Å². The van der Waals surface area contributed by atoms with E-state index in [4.69, 9.17) is 0 Å². The molecule has 21 heavy (non-hydrogen) atoms. The summed E-state index contributed by atoms with van der Waals surface area (Å²) in [6.07, 6.45) is 4.15. The van der Waals surface area contributed by atoms with Crippen LogP contribution in [-0.4, -0.2) is 5.78 Å². The molecule has 0 radical (unpaired) electrons. The Morgan fingerprint density at radius 3 is 2.24 bits per heavy atom. The molecule has 5 rings (SSSR count). The van der Waals surface area contributed by atoms with E-state index in [0.29, 0.717) is 17.6 Å². The summed E-state index contributed by atoms with van der Waals surface area (Å²) in [4.78, 5) is 13.0. The Bertz CT molecular complexity index is 646. The third-order valence-corrected chi connectivity index (χ3v) is 5.57. The van der Waals surface area contributed by atoms with Crippen molar-refractivity contribution in [2.24, 2.45) is 5.92 Å². The molecule has 3 aliphatic rings. The molecule has 0 spiro atoms. The van der Waals surface area contributed by atoms with E-state index in [-0.39, 0.29) is 5.41 Å². The van der Waals surface area contributed by atoms with Gasteiger partial charge in [-0.1, -0.05) is 60.7 Å². The molecule has 3 atom stereocenters. The van der Waals surface area contributed by atoms with Crippen molar-refractivity contribution in [3.05, 3.63) is 71.8 Å². The maximum atomic E-state index is 13.0. The molecule has 3 unspecified atom stereocenters. The fourth-order valence-corrected chi connectivity index (χ4v) is 4.57. The smallest absolute Gasteiger partial charge is 0.144 e. The van der Waals surface area contributed by atoms with E-state index >= 15 is 0 Å². The molecule has 2 bridgehead atoms. The van der Waals surface area contributed by atoms with E-state index in [1.54, 1.807) is 0 Å². The van der Waals surface area contributed by atoms with Crippen LogP contribution in [0.25, 0.3) is 0 Å². The van der Waals surface area contributed by atoms with E-state index < -0.39 is 0 Å². The van der Waals surface area contributed by atoms with Crippen LogP contribution in [0.4, 0.5) is 0 Å². The number of hydrogen-bond acceptors (Lipinski definition) is 1. The predicted octanol–water partition coefficient (Wildman–Crippen LogP) is 4.48. The molecule has 0 heterocycles. The molecular weight excluding hydrogens is 256 g/mol. The van der Waals surface area contributed by atoms with Gasteiger partial charge in [0.05, 0.1) is 5.41 Å². The van der Waals surface area contributed by atoms with Gasteiger partial charge in [0.1, 0.15) is 5.78 Å². The largest absolute Gasteiger partial charge is 0.299 e. The highest BCUT2D eigenvalue weighted by molar-refractivity contribution is 5.93. The summed E-state index contributed by atoms with van der Waals surface area (Å²) in [5.74, 6) is 1.40. The van der Waals surface area contributed by atoms with Crippen molar-refractivity contribution in [3.63, 3.8) is 0 Å². The minimum atomic E-state index is -0.280. The Labute approximate surface area is 126 Å². The Hall–Kier alpha value is -1.89. The van der Waals surface area contributed by atoms with Crippen LogP contribution in [-0.2, 0) is 10.2 Å². The molecule has 2 aromatic carbocycles. The van der Waals surface area contributed by atoms with Crippen molar-refractivity contribution in [3.8, 4) is 0 Å². The standard InChI is InChI=1S/C20H20O/c21-19-14-15-11-12-20(19,17-9-5-2-6-10-17)18(13-15)16-7-3-1-4-8-16/h1-10,15,18H,11-14H2. The average Bonchev–Trinajstić information content (AvgIpc) is 2.57. The SMILES string of the molecule is O=C1CC2CCC1(c1ccccc1)C(c1ccccc1)C2. The molecule has 0 saturated heterocycles. The molecule has 0 aliphatic heterocycles. The second-order valence-electron chi connectivity index (χ2n) is 6.57. The quantitative estimate of drug-likeness (QED) is 0.790. The Morgan fingerprint density at radius 2 is 1.57 bits per heavy atom. The van der Waals surface area contributed by atoms with Crippen LogP contribution in [0.1, 0.15) is 42.7 Å². The third kappa shape index (κ3) is 1.87. The van der Waals surface area contributed by atoms with Gasteiger partial charge in [0.25, 0.3) is 0 Å². The summed E-state index contributed by atoms with van der Waals surface area (Å²) in [6, 6.07) is 21.1. The number of ketones is 1. The fraction of sp³-hybridized carbons (Fsp3) is 0.350. The predicted molar refractivity (Wildman–Crippen MR) is 84.3 cm³/mol. The first-order valence-corrected chi connectivity index (χ1v) is 7.94. The number of fused-ring (bicyclic) bond motifs is 3. The summed E-state index contributed by atoms with van der Waals surface area (Å²) < 4.78 is 0. The van der Waals surface area contributed by atoms with E-state index in [1.807, 2.05) is 6.07 Å². The van der Waals surface area contributed by atoms with E-state index in [0.717, 1.165) is 19.3 Å². The second-order valence-corrected chi connectivity index (χ2v) is 6.57. The fourth-order valence-electron chi connectivity index (χ4n) is 4.57. The molecule has 1 nitrogen and oxygen atoms in total. The van der Waals surface area contributed by atoms with Gasteiger partial charge < -0.3 is 0 Å². The average molecular weight is 276 g/mol. The highest BCUT2D eigenvalue weighted by Crippen LogP contribution is 2.57. The number of carbonyl (C=O) groups is 1. The van der Waals surface area contributed by atoms with E-state index in [9.17, 15) is 4.79 Å². The number of benzene rings is 2. The van der Waals surface area contributed by atoms with E-state index in [1.165, 1.54) is 17.5 Å². The maximum absolute atomic E-state index is 13.0. The molecule has 0 amide bonds. The minimum absolute atomic E-state index is 0.280. The lowest BCUT2D eigenvalue weighted by molar-refractivity contribution is -0.133. The summed E-state index contributed by atoms with van der Waals surface area (Å²) >= 11 is 0. The molecule has 2 aromatic rings. The van der Waals surface area contributed by atoms with Crippen LogP contribution in [0.5, 0.6) is 0 Å². The molecular formula is C20H20O. The first-order chi connectivity index (χ1) is 10.3. The molecule has 3 saturated carbocycles. The molecule has 1 heteroatoms. The van der Waals surface area contributed by atoms with Crippen LogP contribution in [0.2, 0.25) is 0 Å². The van der Waals surface area contributed by atoms with Crippen molar-refractivity contribution < 1.29 is 4.79 Å². The maximum Gasteiger partial charge on any atom is 0.144 e. The first-order valence-electron chi connectivity index (χ1n) is 7.94. The topological polar surface area (TPSA) is 17.1 Å². The Kier molecular flexibility index (Phi) is 2.95. The first kappa shape index (κ1) is 12.8. The zero-order valence-corrected chi connectivity index (χ0v) is 12.2. The number of carbonyl (C=O) groups excluding carboxylic acids is 1. The summed E-state index contributed by atoms with van der Waals surface area (Å²) in [7, 11) is 0. The van der Waals surface area contributed by atoms with Gasteiger partial charge in [-0.15, -0.1) is 0 Å². The zero-order chi connectivity index (χ0) is 14.3. The number of Topliss-reactive ketones (excluding diaryl/α,β-unsaturated/α-hetero) is 1. The van der Waals surface area contributed by atoms with Crippen molar-refractivity contribution in [1.82, 2.24) is 0 Å². The van der Waals surface area contributed by atoms with Gasteiger partial charge in [0, 0.05) is 12.3 Å². The number of rotatable bonds is 2. The van der Waals surface area contributed by atoms with Crippen LogP contribution < -0.4 is 0 Å². The van der Waals surface area contributed by atoms with Gasteiger partial charge in [0.2, 0.25) is 0 Å². The summed E-state index contributed by atoms with van der Waals surface area (Å²) in [5, 5.41) is 0. The molecule has 0 N–H and O–H groups in total. The van der Waals surface area contributed by atoms with E-state index in [2.05, 4.69) is 54.6 Å². The molecule has 0 aromatic heterocycles.